The topological polar surface area (TPSA) is 72.5 Å². The molecule has 1 aliphatic carbocycles. The molecule has 3 unspecified atom stereocenters. The Morgan fingerprint density at radius 3 is 2.56 bits per heavy atom. The number of hydrogen-bond donors (Lipinski definition) is 1. The van der Waals surface area contributed by atoms with E-state index < -0.39 is 11.9 Å². The van der Waals surface area contributed by atoms with E-state index in [4.69, 9.17) is 4.74 Å². The number of nitrogens with one attached hydrogen (secondary N) is 1. The minimum absolute atomic E-state index is 0.0961. The quantitative estimate of drug-likeness (QED) is 0.619. The molecular formula is C19H20BrNO4. The first-order valence-corrected chi connectivity index (χ1v) is 9.20. The van der Waals surface area contributed by atoms with Crippen molar-refractivity contribution >= 4 is 33.6 Å². The van der Waals surface area contributed by atoms with Gasteiger partial charge in [0.05, 0.1) is 6.61 Å². The van der Waals surface area contributed by atoms with Crippen LogP contribution in [0.1, 0.15) is 38.2 Å². The van der Waals surface area contributed by atoms with Crippen molar-refractivity contribution in [1.29, 1.82) is 0 Å². The summed E-state index contributed by atoms with van der Waals surface area (Å²) in [6.45, 7) is 3.82. The lowest BCUT2D eigenvalue weighted by molar-refractivity contribution is -0.153. The molecule has 3 atom stereocenters. The normalized spacial score (nSPS) is 26.1. The molecule has 6 heteroatoms. The van der Waals surface area contributed by atoms with Gasteiger partial charge in [-0.2, -0.15) is 0 Å². The molecule has 1 aromatic rings. The number of benzene rings is 1. The zero-order chi connectivity index (χ0) is 18.1. The standard InChI is InChI=1S/C19H20BrNO4/c1-3-25-19(24)16-10(2)8-14-17(18(16)23)13(9-15(22)21-14)11-4-6-12(20)7-5-11/h4-7,10,13,16H,3,8-9H2,1-2H3,(H,21,22). The molecule has 0 saturated carbocycles. The average Bonchev–Trinajstić information content (AvgIpc) is 2.54. The number of ether oxygens (including phenoxy) is 1. The van der Waals surface area contributed by atoms with E-state index in [0.29, 0.717) is 17.7 Å². The van der Waals surface area contributed by atoms with Crippen LogP contribution < -0.4 is 5.32 Å². The van der Waals surface area contributed by atoms with Crippen molar-refractivity contribution in [2.45, 2.75) is 32.6 Å². The number of halogens is 1. The van der Waals surface area contributed by atoms with Gasteiger partial charge < -0.3 is 10.1 Å². The van der Waals surface area contributed by atoms with Gasteiger partial charge in [0.1, 0.15) is 5.92 Å². The molecule has 1 N–H and O–H groups in total. The molecule has 132 valence electrons. The van der Waals surface area contributed by atoms with E-state index in [1.807, 2.05) is 31.2 Å². The van der Waals surface area contributed by atoms with Gasteiger partial charge in [-0.1, -0.05) is 35.0 Å². The molecule has 1 amide bonds. The highest BCUT2D eigenvalue weighted by molar-refractivity contribution is 9.10. The summed E-state index contributed by atoms with van der Waals surface area (Å²) in [6, 6.07) is 7.59. The predicted octanol–water partition coefficient (Wildman–Crippen LogP) is 3.09. The van der Waals surface area contributed by atoms with Gasteiger partial charge in [-0.05, 0) is 37.0 Å². The maximum Gasteiger partial charge on any atom is 0.317 e. The Morgan fingerprint density at radius 1 is 1.24 bits per heavy atom. The summed E-state index contributed by atoms with van der Waals surface area (Å²) < 4.78 is 6.03. The van der Waals surface area contributed by atoms with E-state index in [0.717, 1.165) is 10.0 Å². The van der Waals surface area contributed by atoms with Crippen LogP contribution >= 0.6 is 15.9 Å². The first kappa shape index (κ1) is 17.9. The maximum absolute atomic E-state index is 13.1. The molecule has 0 radical (unpaired) electrons. The third-order valence-electron chi connectivity index (χ3n) is 4.81. The Labute approximate surface area is 154 Å². The smallest absolute Gasteiger partial charge is 0.317 e. The number of rotatable bonds is 3. The van der Waals surface area contributed by atoms with Crippen LogP contribution in [0.3, 0.4) is 0 Å². The van der Waals surface area contributed by atoms with Gasteiger partial charge in [0, 0.05) is 28.1 Å². The fourth-order valence-electron chi connectivity index (χ4n) is 3.68. The molecule has 1 aromatic carbocycles. The monoisotopic (exact) mass is 405 g/mol. The van der Waals surface area contributed by atoms with Crippen LogP contribution in [0.4, 0.5) is 0 Å². The Hall–Kier alpha value is -1.95. The van der Waals surface area contributed by atoms with Crippen LogP contribution in [-0.2, 0) is 19.1 Å². The number of carbonyl (C=O) groups excluding carboxylic acids is 3. The lowest BCUT2D eigenvalue weighted by Gasteiger charge is -2.36. The lowest BCUT2D eigenvalue weighted by Crippen LogP contribution is -2.44. The summed E-state index contributed by atoms with van der Waals surface area (Å²) in [6.07, 6.45) is 0.694. The lowest BCUT2D eigenvalue weighted by atomic mass is 9.70. The van der Waals surface area contributed by atoms with E-state index in [-0.39, 0.29) is 36.6 Å². The molecule has 5 nitrogen and oxygen atoms in total. The first-order valence-electron chi connectivity index (χ1n) is 8.41. The van der Waals surface area contributed by atoms with Crippen LogP contribution in [0.25, 0.3) is 0 Å². The van der Waals surface area contributed by atoms with Gasteiger partial charge in [0.25, 0.3) is 0 Å². The van der Waals surface area contributed by atoms with Crippen molar-refractivity contribution in [3.8, 4) is 0 Å². The Bertz CT molecular complexity index is 753. The highest BCUT2D eigenvalue weighted by atomic mass is 79.9. The second-order valence-electron chi connectivity index (χ2n) is 6.52. The number of carbonyl (C=O) groups is 3. The van der Waals surface area contributed by atoms with E-state index in [2.05, 4.69) is 21.2 Å². The van der Waals surface area contributed by atoms with Crippen molar-refractivity contribution < 1.29 is 19.1 Å². The first-order chi connectivity index (χ1) is 11.9. The fraction of sp³-hybridized carbons (Fsp3) is 0.421. The molecule has 0 aromatic heterocycles. The second-order valence-corrected chi connectivity index (χ2v) is 7.44. The van der Waals surface area contributed by atoms with Crippen molar-refractivity contribution in [2.75, 3.05) is 6.61 Å². The van der Waals surface area contributed by atoms with E-state index in [9.17, 15) is 14.4 Å². The van der Waals surface area contributed by atoms with Gasteiger partial charge in [0.15, 0.2) is 5.78 Å². The molecule has 25 heavy (non-hydrogen) atoms. The Balaban J connectivity index is 2.02. The van der Waals surface area contributed by atoms with Gasteiger partial charge in [-0.3, -0.25) is 14.4 Å². The highest BCUT2D eigenvalue weighted by Gasteiger charge is 2.45. The maximum atomic E-state index is 13.1. The predicted molar refractivity (Wildman–Crippen MR) is 95.6 cm³/mol. The van der Waals surface area contributed by atoms with Gasteiger partial charge >= 0.3 is 5.97 Å². The zero-order valence-corrected chi connectivity index (χ0v) is 15.8. The molecular weight excluding hydrogens is 386 g/mol. The fourth-order valence-corrected chi connectivity index (χ4v) is 3.95. The SMILES string of the molecule is CCOC(=O)C1C(=O)C2=C(CC1C)NC(=O)CC2c1ccc(Br)cc1. The summed E-state index contributed by atoms with van der Waals surface area (Å²) in [4.78, 5) is 37.6. The van der Waals surface area contributed by atoms with Crippen molar-refractivity contribution in [3.63, 3.8) is 0 Å². The molecule has 0 spiro atoms. The third-order valence-corrected chi connectivity index (χ3v) is 5.34. The summed E-state index contributed by atoms with van der Waals surface area (Å²) in [5.41, 5.74) is 2.11. The largest absolute Gasteiger partial charge is 0.465 e. The molecule has 0 bridgehead atoms. The number of amides is 1. The Kier molecular flexibility index (Phi) is 5.08. The van der Waals surface area contributed by atoms with Crippen LogP contribution in [-0.4, -0.2) is 24.3 Å². The zero-order valence-electron chi connectivity index (χ0n) is 14.2. The van der Waals surface area contributed by atoms with E-state index in [1.165, 1.54) is 0 Å². The number of hydrogen-bond acceptors (Lipinski definition) is 4. The molecule has 2 aliphatic rings. The number of allylic oxidation sites excluding steroid dienone is 2. The second kappa shape index (κ2) is 7.12. The van der Waals surface area contributed by atoms with Gasteiger partial charge in [-0.15, -0.1) is 0 Å². The highest BCUT2D eigenvalue weighted by Crippen LogP contribution is 2.42. The number of esters is 1. The van der Waals surface area contributed by atoms with Crippen molar-refractivity contribution in [3.05, 3.63) is 45.6 Å². The molecule has 3 rings (SSSR count). The minimum atomic E-state index is -0.799. The summed E-state index contributed by atoms with van der Waals surface area (Å²) in [5, 5.41) is 2.84. The summed E-state index contributed by atoms with van der Waals surface area (Å²) in [7, 11) is 0. The molecule has 0 fully saturated rings. The van der Waals surface area contributed by atoms with E-state index >= 15 is 0 Å². The van der Waals surface area contributed by atoms with E-state index in [1.54, 1.807) is 6.92 Å². The third kappa shape index (κ3) is 3.40. The Morgan fingerprint density at radius 2 is 1.92 bits per heavy atom. The van der Waals surface area contributed by atoms with Crippen LogP contribution in [0.5, 0.6) is 0 Å². The number of ketones is 1. The number of Topliss-reactive ketones (excluding diaryl/α,β-unsaturated/α-hetero) is 1. The summed E-state index contributed by atoms with van der Waals surface area (Å²) in [5.74, 6) is -2.12. The average molecular weight is 406 g/mol. The van der Waals surface area contributed by atoms with Gasteiger partial charge in [-0.25, -0.2) is 0 Å². The van der Waals surface area contributed by atoms with Gasteiger partial charge in [0.2, 0.25) is 5.91 Å². The summed E-state index contributed by atoms with van der Waals surface area (Å²) >= 11 is 3.40. The van der Waals surface area contributed by atoms with Crippen LogP contribution in [0.15, 0.2) is 40.0 Å². The van der Waals surface area contributed by atoms with Crippen molar-refractivity contribution in [2.24, 2.45) is 11.8 Å². The molecule has 0 saturated heterocycles. The van der Waals surface area contributed by atoms with Crippen LogP contribution in [0.2, 0.25) is 0 Å². The van der Waals surface area contributed by atoms with Crippen LogP contribution in [0, 0.1) is 11.8 Å². The minimum Gasteiger partial charge on any atom is -0.465 e. The van der Waals surface area contributed by atoms with Crippen molar-refractivity contribution in [1.82, 2.24) is 5.32 Å². The molecule has 1 aliphatic heterocycles. The molecule has 1 heterocycles.